The number of benzene rings is 2. The van der Waals surface area contributed by atoms with Gasteiger partial charge in [-0.05, 0) is 11.1 Å². The Bertz CT molecular complexity index is 573. The largest absolute Gasteiger partial charge is 0.370 e. The molecule has 0 amide bonds. The van der Waals surface area contributed by atoms with Crippen LogP contribution < -0.4 is 0 Å². The third kappa shape index (κ3) is 3.52. The smallest absolute Gasteiger partial charge is 0.115 e. The molecule has 4 nitrogen and oxygen atoms in total. The minimum Gasteiger partial charge on any atom is -0.370 e. The minimum absolute atomic E-state index is 0.0273. The van der Waals surface area contributed by atoms with Crippen molar-refractivity contribution < 1.29 is 18.9 Å². The summed E-state index contributed by atoms with van der Waals surface area (Å²) in [5, 5.41) is 0. The fraction of sp³-hybridized carbons (Fsp3) is 0.400. The lowest BCUT2D eigenvalue weighted by Crippen LogP contribution is -2.34. The Labute approximate surface area is 142 Å². The van der Waals surface area contributed by atoms with E-state index < -0.39 is 0 Å². The molecule has 24 heavy (non-hydrogen) atoms. The average Bonchev–Trinajstić information content (AvgIpc) is 3.22. The fourth-order valence-electron chi connectivity index (χ4n) is 3.27. The van der Waals surface area contributed by atoms with Crippen molar-refractivity contribution in [1.82, 2.24) is 0 Å². The van der Waals surface area contributed by atoms with Gasteiger partial charge in [-0.2, -0.15) is 0 Å². The maximum absolute atomic E-state index is 6.01. The Morgan fingerprint density at radius 1 is 0.667 bits per heavy atom. The lowest BCUT2D eigenvalue weighted by molar-refractivity contribution is -0.0580. The van der Waals surface area contributed by atoms with Crippen molar-refractivity contribution in [3.63, 3.8) is 0 Å². The van der Waals surface area contributed by atoms with Gasteiger partial charge in [0.2, 0.25) is 0 Å². The summed E-state index contributed by atoms with van der Waals surface area (Å²) in [4.78, 5) is 0. The molecular formula is C20H22O4. The zero-order valence-corrected chi connectivity index (χ0v) is 13.5. The summed E-state index contributed by atoms with van der Waals surface area (Å²) < 4.78 is 23.8. The van der Waals surface area contributed by atoms with Crippen LogP contribution in [-0.2, 0) is 32.2 Å². The molecular weight excluding hydrogens is 304 g/mol. The van der Waals surface area contributed by atoms with E-state index in [9.17, 15) is 0 Å². The summed E-state index contributed by atoms with van der Waals surface area (Å²) in [6, 6.07) is 20.4. The second-order valence-corrected chi connectivity index (χ2v) is 6.27. The highest BCUT2D eigenvalue weighted by Crippen LogP contribution is 2.31. The third-order valence-electron chi connectivity index (χ3n) is 4.58. The van der Waals surface area contributed by atoms with Crippen LogP contribution in [0, 0.1) is 0 Å². The molecule has 2 aliphatic heterocycles. The Hall–Kier alpha value is -1.72. The topological polar surface area (TPSA) is 36.9 Å². The standard InChI is InChI=1S/C20H22O4/c1-3-7-15(8-4-1)11-21-17-13-23-20-18(14-24-19(17)20)22-12-16-9-5-2-6-10-16/h1-10,17-20H,11-14H2/t17-,18-,19+,20+/m0/s1. The van der Waals surface area contributed by atoms with Crippen molar-refractivity contribution in [2.75, 3.05) is 13.2 Å². The molecule has 2 aromatic carbocycles. The van der Waals surface area contributed by atoms with Crippen molar-refractivity contribution in [2.45, 2.75) is 37.6 Å². The number of hydrogen-bond acceptors (Lipinski definition) is 4. The first-order valence-electron chi connectivity index (χ1n) is 8.44. The van der Waals surface area contributed by atoms with Crippen LogP contribution >= 0.6 is 0 Å². The van der Waals surface area contributed by atoms with Gasteiger partial charge in [0.15, 0.2) is 0 Å². The van der Waals surface area contributed by atoms with E-state index in [-0.39, 0.29) is 24.4 Å². The normalized spacial score (nSPS) is 28.8. The molecule has 2 saturated heterocycles. The van der Waals surface area contributed by atoms with Gasteiger partial charge < -0.3 is 18.9 Å². The predicted molar refractivity (Wildman–Crippen MR) is 89.5 cm³/mol. The highest BCUT2D eigenvalue weighted by Gasteiger charge is 2.48. The van der Waals surface area contributed by atoms with Gasteiger partial charge in [-0.3, -0.25) is 0 Å². The molecule has 0 bridgehead atoms. The van der Waals surface area contributed by atoms with Gasteiger partial charge in [-0.25, -0.2) is 0 Å². The second kappa shape index (κ2) is 7.45. The van der Waals surface area contributed by atoms with Crippen molar-refractivity contribution in [2.24, 2.45) is 0 Å². The van der Waals surface area contributed by atoms with E-state index in [2.05, 4.69) is 24.3 Å². The summed E-state index contributed by atoms with van der Waals surface area (Å²) >= 11 is 0. The van der Waals surface area contributed by atoms with Gasteiger partial charge >= 0.3 is 0 Å². The van der Waals surface area contributed by atoms with Crippen LogP contribution in [0.5, 0.6) is 0 Å². The van der Waals surface area contributed by atoms with Gasteiger partial charge in [0.25, 0.3) is 0 Å². The van der Waals surface area contributed by atoms with Crippen LogP contribution in [0.4, 0.5) is 0 Å². The molecule has 4 rings (SSSR count). The van der Waals surface area contributed by atoms with Gasteiger partial charge in [0.05, 0.1) is 26.4 Å². The first-order valence-corrected chi connectivity index (χ1v) is 8.44. The van der Waals surface area contributed by atoms with Crippen LogP contribution in [0.3, 0.4) is 0 Å². The molecule has 0 aliphatic carbocycles. The lowest BCUT2D eigenvalue weighted by Gasteiger charge is -2.17. The van der Waals surface area contributed by atoms with E-state index in [4.69, 9.17) is 18.9 Å². The molecule has 0 radical (unpaired) electrons. The predicted octanol–water partition coefficient (Wildman–Crippen LogP) is 2.95. The Kier molecular flexibility index (Phi) is 4.90. The quantitative estimate of drug-likeness (QED) is 0.818. The van der Waals surface area contributed by atoms with Crippen molar-refractivity contribution in [3.8, 4) is 0 Å². The van der Waals surface area contributed by atoms with Gasteiger partial charge in [-0.15, -0.1) is 0 Å². The highest BCUT2D eigenvalue weighted by molar-refractivity contribution is 5.14. The number of fused-ring (bicyclic) bond motifs is 1. The molecule has 126 valence electrons. The lowest BCUT2D eigenvalue weighted by atomic mass is 10.1. The maximum Gasteiger partial charge on any atom is 0.115 e. The SMILES string of the molecule is c1ccc(CO[C@H]2CO[C@H]3[C@@H]2OC[C@@H]3OCc2ccccc2)cc1. The van der Waals surface area contributed by atoms with Crippen LogP contribution in [-0.4, -0.2) is 37.6 Å². The molecule has 0 aromatic heterocycles. The summed E-state index contributed by atoms with van der Waals surface area (Å²) in [6.07, 6.45) is -0.120. The Balaban J connectivity index is 1.29. The zero-order valence-electron chi connectivity index (χ0n) is 13.5. The number of ether oxygens (including phenoxy) is 4. The summed E-state index contributed by atoms with van der Waals surface area (Å²) in [5.74, 6) is 0. The van der Waals surface area contributed by atoms with Crippen LogP contribution in [0.15, 0.2) is 60.7 Å². The molecule has 0 spiro atoms. The number of rotatable bonds is 6. The van der Waals surface area contributed by atoms with Crippen LogP contribution in [0.25, 0.3) is 0 Å². The monoisotopic (exact) mass is 326 g/mol. The maximum atomic E-state index is 6.01. The molecule has 0 saturated carbocycles. The zero-order chi connectivity index (χ0) is 16.2. The Morgan fingerprint density at radius 2 is 1.08 bits per heavy atom. The second-order valence-electron chi connectivity index (χ2n) is 6.27. The van der Waals surface area contributed by atoms with E-state index in [1.54, 1.807) is 0 Å². The van der Waals surface area contributed by atoms with E-state index in [1.165, 1.54) is 0 Å². The van der Waals surface area contributed by atoms with E-state index >= 15 is 0 Å². The van der Waals surface area contributed by atoms with Crippen molar-refractivity contribution >= 4 is 0 Å². The first-order chi connectivity index (χ1) is 11.9. The molecule has 0 N–H and O–H groups in total. The minimum atomic E-state index is -0.0329. The van der Waals surface area contributed by atoms with E-state index in [0.717, 1.165) is 11.1 Å². The van der Waals surface area contributed by atoms with E-state index in [1.807, 2.05) is 36.4 Å². The molecule has 2 aliphatic rings. The molecule has 4 atom stereocenters. The first kappa shape index (κ1) is 15.8. The van der Waals surface area contributed by atoms with Crippen LogP contribution in [0.1, 0.15) is 11.1 Å². The van der Waals surface area contributed by atoms with E-state index in [0.29, 0.717) is 26.4 Å². The van der Waals surface area contributed by atoms with Gasteiger partial charge in [0, 0.05) is 0 Å². The Morgan fingerprint density at radius 3 is 1.50 bits per heavy atom. The van der Waals surface area contributed by atoms with Gasteiger partial charge in [0.1, 0.15) is 24.4 Å². The van der Waals surface area contributed by atoms with Gasteiger partial charge in [-0.1, -0.05) is 60.7 Å². The molecule has 4 heteroatoms. The summed E-state index contributed by atoms with van der Waals surface area (Å²) in [5.41, 5.74) is 2.33. The van der Waals surface area contributed by atoms with Crippen LogP contribution in [0.2, 0.25) is 0 Å². The third-order valence-corrected chi connectivity index (χ3v) is 4.58. The number of hydrogen-bond donors (Lipinski definition) is 0. The summed E-state index contributed by atoms with van der Waals surface area (Å²) in [7, 11) is 0. The molecule has 2 aromatic rings. The summed E-state index contributed by atoms with van der Waals surface area (Å²) in [6.45, 7) is 2.29. The molecule has 2 heterocycles. The molecule has 2 fully saturated rings. The highest BCUT2D eigenvalue weighted by atomic mass is 16.6. The average molecular weight is 326 g/mol. The van der Waals surface area contributed by atoms with Crippen molar-refractivity contribution in [3.05, 3.63) is 71.8 Å². The fourth-order valence-corrected chi connectivity index (χ4v) is 3.27. The molecule has 0 unspecified atom stereocenters. The van der Waals surface area contributed by atoms with Crippen molar-refractivity contribution in [1.29, 1.82) is 0 Å².